The lowest BCUT2D eigenvalue weighted by Crippen LogP contribution is -2.46. The van der Waals surface area contributed by atoms with Crippen LogP contribution in [0.4, 0.5) is 0 Å². The largest absolute Gasteiger partial charge is 0.341 e. The molecule has 1 rings (SSSR count). The first-order valence-electron chi connectivity index (χ1n) is 6.04. The van der Waals surface area contributed by atoms with Gasteiger partial charge in [-0.15, -0.1) is 0 Å². The Labute approximate surface area is 93.0 Å². The molecule has 1 fully saturated rings. The van der Waals surface area contributed by atoms with E-state index in [2.05, 4.69) is 13.8 Å². The van der Waals surface area contributed by atoms with E-state index in [-0.39, 0.29) is 11.9 Å². The average Bonchev–Trinajstić information content (AvgIpc) is 2.67. The first-order valence-corrected chi connectivity index (χ1v) is 6.04. The normalized spacial score (nSPS) is 19.5. The summed E-state index contributed by atoms with van der Waals surface area (Å²) in [6.07, 6.45) is 5.59. The number of hydrogen-bond donors (Lipinski definition) is 1. The van der Waals surface area contributed by atoms with E-state index in [0.717, 1.165) is 19.3 Å². The second-order valence-electron chi connectivity index (χ2n) is 5.12. The predicted octanol–water partition coefficient (Wildman–Crippen LogP) is 1.76. The summed E-state index contributed by atoms with van der Waals surface area (Å²) in [5, 5.41) is 0. The molecule has 1 saturated carbocycles. The van der Waals surface area contributed by atoms with Crippen molar-refractivity contribution in [3.05, 3.63) is 0 Å². The van der Waals surface area contributed by atoms with Crippen LogP contribution in [0, 0.1) is 5.92 Å². The highest BCUT2D eigenvalue weighted by Gasteiger charge is 2.26. The highest BCUT2D eigenvalue weighted by Crippen LogP contribution is 2.23. The Bertz CT molecular complexity index is 210. The van der Waals surface area contributed by atoms with E-state index in [1.54, 1.807) is 0 Å². The van der Waals surface area contributed by atoms with Gasteiger partial charge in [-0.1, -0.05) is 26.7 Å². The van der Waals surface area contributed by atoms with Gasteiger partial charge in [0, 0.05) is 13.1 Å². The molecule has 0 unspecified atom stereocenters. The van der Waals surface area contributed by atoms with Crippen LogP contribution >= 0.6 is 0 Å². The van der Waals surface area contributed by atoms with Gasteiger partial charge in [-0.05, 0) is 25.2 Å². The zero-order valence-electron chi connectivity index (χ0n) is 10.2. The Hall–Kier alpha value is -0.570. The van der Waals surface area contributed by atoms with E-state index in [1.165, 1.54) is 12.8 Å². The number of likely N-dealkylation sites (N-methyl/N-ethyl adjacent to an activating group) is 1. The molecule has 0 spiro atoms. The summed E-state index contributed by atoms with van der Waals surface area (Å²) < 4.78 is 0. The SMILES string of the molecule is CC(C)C[C@@H](N)C(=O)N(C)C1CCCC1. The van der Waals surface area contributed by atoms with Gasteiger partial charge in [0.1, 0.15) is 0 Å². The van der Waals surface area contributed by atoms with Gasteiger partial charge in [0.25, 0.3) is 0 Å². The Morgan fingerprint density at radius 3 is 2.40 bits per heavy atom. The summed E-state index contributed by atoms with van der Waals surface area (Å²) in [4.78, 5) is 13.8. The molecule has 1 amide bonds. The zero-order chi connectivity index (χ0) is 11.4. The van der Waals surface area contributed by atoms with Crippen LogP contribution in [0.3, 0.4) is 0 Å². The van der Waals surface area contributed by atoms with Gasteiger partial charge in [0.2, 0.25) is 5.91 Å². The van der Waals surface area contributed by atoms with Crippen molar-refractivity contribution < 1.29 is 4.79 Å². The third-order valence-electron chi connectivity index (χ3n) is 3.26. The average molecular weight is 212 g/mol. The van der Waals surface area contributed by atoms with Gasteiger partial charge in [0.15, 0.2) is 0 Å². The van der Waals surface area contributed by atoms with E-state index in [0.29, 0.717) is 12.0 Å². The first-order chi connectivity index (χ1) is 7.02. The van der Waals surface area contributed by atoms with Crippen molar-refractivity contribution in [2.24, 2.45) is 11.7 Å². The fraction of sp³-hybridized carbons (Fsp3) is 0.917. The quantitative estimate of drug-likeness (QED) is 0.772. The summed E-state index contributed by atoms with van der Waals surface area (Å²) >= 11 is 0. The smallest absolute Gasteiger partial charge is 0.239 e. The Balaban J connectivity index is 2.43. The van der Waals surface area contributed by atoms with E-state index >= 15 is 0 Å². The highest BCUT2D eigenvalue weighted by molar-refractivity contribution is 5.81. The van der Waals surface area contributed by atoms with E-state index in [4.69, 9.17) is 5.73 Å². The standard InChI is InChI=1S/C12H24N2O/c1-9(2)8-11(13)12(15)14(3)10-6-4-5-7-10/h9-11H,4-8,13H2,1-3H3/t11-/m1/s1. The lowest BCUT2D eigenvalue weighted by molar-refractivity contribution is -0.133. The maximum Gasteiger partial charge on any atom is 0.239 e. The molecule has 3 nitrogen and oxygen atoms in total. The van der Waals surface area contributed by atoms with Gasteiger partial charge < -0.3 is 10.6 Å². The molecule has 1 aliphatic rings. The third kappa shape index (κ3) is 3.49. The van der Waals surface area contributed by atoms with Crippen molar-refractivity contribution in [2.45, 2.75) is 58.0 Å². The minimum atomic E-state index is -0.310. The molecule has 0 aromatic carbocycles. The fourth-order valence-electron chi connectivity index (χ4n) is 2.34. The summed E-state index contributed by atoms with van der Waals surface area (Å²) in [7, 11) is 1.90. The minimum Gasteiger partial charge on any atom is -0.341 e. The number of carbonyl (C=O) groups is 1. The molecule has 15 heavy (non-hydrogen) atoms. The van der Waals surface area contributed by atoms with Crippen LogP contribution in [0.1, 0.15) is 46.0 Å². The number of hydrogen-bond acceptors (Lipinski definition) is 2. The number of rotatable bonds is 4. The number of nitrogens with zero attached hydrogens (tertiary/aromatic N) is 1. The second kappa shape index (κ2) is 5.50. The van der Waals surface area contributed by atoms with Crippen molar-refractivity contribution in [3.63, 3.8) is 0 Å². The maximum absolute atomic E-state index is 12.0. The third-order valence-corrected chi connectivity index (χ3v) is 3.26. The molecule has 0 heterocycles. The lowest BCUT2D eigenvalue weighted by atomic mass is 10.0. The van der Waals surface area contributed by atoms with Gasteiger partial charge in [-0.2, -0.15) is 0 Å². The zero-order valence-corrected chi connectivity index (χ0v) is 10.2. The van der Waals surface area contributed by atoms with Crippen LogP contribution in [0.25, 0.3) is 0 Å². The minimum absolute atomic E-state index is 0.121. The molecule has 0 aromatic rings. The molecule has 0 radical (unpaired) electrons. The molecule has 0 bridgehead atoms. The Morgan fingerprint density at radius 1 is 1.40 bits per heavy atom. The summed E-state index contributed by atoms with van der Waals surface area (Å²) in [5.41, 5.74) is 5.90. The van der Waals surface area contributed by atoms with Gasteiger partial charge in [-0.3, -0.25) is 4.79 Å². The molecule has 2 N–H and O–H groups in total. The monoisotopic (exact) mass is 212 g/mol. The van der Waals surface area contributed by atoms with Gasteiger partial charge in [0.05, 0.1) is 6.04 Å². The van der Waals surface area contributed by atoms with Crippen LogP contribution in [0.15, 0.2) is 0 Å². The maximum atomic E-state index is 12.0. The number of amides is 1. The molecule has 0 saturated heterocycles. The second-order valence-corrected chi connectivity index (χ2v) is 5.12. The van der Waals surface area contributed by atoms with E-state index in [1.807, 2.05) is 11.9 Å². The van der Waals surface area contributed by atoms with E-state index < -0.39 is 0 Å². The summed E-state index contributed by atoms with van der Waals surface area (Å²) in [5.74, 6) is 0.608. The van der Waals surface area contributed by atoms with Crippen molar-refractivity contribution >= 4 is 5.91 Å². The van der Waals surface area contributed by atoms with Crippen LogP contribution in [0.5, 0.6) is 0 Å². The molecule has 88 valence electrons. The van der Waals surface area contributed by atoms with Crippen LogP contribution < -0.4 is 5.73 Å². The molecule has 3 heteroatoms. The van der Waals surface area contributed by atoms with Gasteiger partial charge >= 0.3 is 0 Å². The van der Waals surface area contributed by atoms with Crippen LogP contribution in [-0.4, -0.2) is 29.9 Å². The first kappa shape index (κ1) is 12.5. The molecular formula is C12H24N2O. The molecule has 1 aliphatic carbocycles. The predicted molar refractivity (Wildman–Crippen MR) is 62.5 cm³/mol. The molecular weight excluding hydrogens is 188 g/mol. The van der Waals surface area contributed by atoms with Crippen molar-refractivity contribution in [1.82, 2.24) is 4.90 Å². The number of carbonyl (C=O) groups excluding carboxylic acids is 1. The Kier molecular flexibility index (Phi) is 4.58. The van der Waals surface area contributed by atoms with Crippen molar-refractivity contribution in [2.75, 3.05) is 7.05 Å². The lowest BCUT2D eigenvalue weighted by Gasteiger charge is -2.27. The Morgan fingerprint density at radius 2 is 1.93 bits per heavy atom. The summed E-state index contributed by atoms with van der Waals surface area (Å²) in [6, 6.07) is 0.131. The van der Waals surface area contributed by atoms with Crippen LogP contribution in [0.2, 0.25) is 0 Å². The summed E-state index contributed by atoms with van der Waals surface area (Å²) in [6.45, 7) is 4.20. The van der Waals surface area contributed by atoms with Crippen LogP contribution in [-0.2, 0) is 4.79 Å². The van der Waals surface area contributed by atoms with Crippen molar-refractivity contribution in [1.29, 1.82) is 0 Å². The highest BCUT2D eigenvalue weighted by atomic mass is 16.2. The van der Waals surface area contributed by atoms with Gasteiger partial charge in [-0.25, -0.2) is 0 Å². The topological polar surface area (TPSA) is 46.3 Å². The van der Waals surface area contributed by atoms with Crippen molar-refractivity contribution in [3.8, 4) is 0 Å². The molecule has 0 aromatic heterocycles. The number of nitrogens with two attached hydrogens (primary N) is 1. The van der Waals surface area contributed by atoms with E-state index in [9.17, 15) is 4.79 Å². The fourth-order valence-corrected chi connectivity index (χ4v) is 2.34. The molecule has 0 aliphatic heterocycles. The molecule has 1 atom stereocenters.